The zero-order valence-corrected chi connectivity index (χ0v) is 16.5. The predicted molar refractivity (Wildman–Crippen MR) is 119 cm³/mol. The molecule has 0 saturated heterocycles. The van der Waals surface area contributed by atoms with Crippen LogP contribution in [0, 0.1) is 0 Å². The van der Waals surface area contributed by atoms with Crippen LogP contribution in [0.3, 0.4) is 0 Å². The minimum Gasteiger partial charge on any atom is -0.478 e. The summed E-state index contributed by atoms with van der Waals surface area (Å²) in [7, 11) is 0. The Labute approximate surface area is 178 Å². The van der Waals surface area contributed by atoms with Crippen LogP contribution in [-0.4, -0.2) is 30.8 Å². The number of pyridine rings is 2. The molecule has 1 N–H and O–H groups in total. The molecule has 0 spiro atoms. The van der Waals surface area contributed by atoms with Crippen molar-refractivity contribution in [1.29, 1.82) is 0 Å². The minimum atomic E-state index is -1.00. The van der Waals surface area contributed by atoms with Crippen LogP contribution in [0.15, 0.2) is 91.4 Å². The number of benzene rings is 2. The third-order valence-electron chi connectivity index (χ3n) is 5.19. The van der Waals surface area contributed by atoms with Gasteiger partial charge in [-0.3, -0.25) is 4.98 Å². The molecule has 5 aromatic rings. The highest BCUT2D eigenvalue weighted by molar-refractivity contribution is 6.02. The Kier molecular flexibility index (Phi) is 4.72. The number of aromatic nitrogens is 4. The summed E-state index contributed by atoms with van der Waals surface area (Å²) in [5.41, 5.74) is 5.31. The van der Waals surface area contributed by atoms with E-state index in [1.54, 1.807) is 29.3 Å². The number of rotatable bonds is 5. The number of aromatic carboxylic acids is 1. The standard InChI is InChI=1S/C25H18N4O2/c30-25(31)21-14-23(20-8-4-7-19(13-20)18-5-2-1-3-6-18)28-24-22(21)15-27-29(24)16-17-9-11-26-12-10-17/h1-15H,16H2,(H,30,31). The van der Waals surface area contributed by atoms with E-state index in [1.165, 1.54) is 0 Å². The summed E-state index contributed by atoms with van der Waals surface area (Å²) in [4.78, 5) is 20.8. The fraction of sp³-hybridized carbons (Fsp3) is 0.0400. The molecule has 0 radical (unpaired) electrons. The van der Waals surface area contributed by atoms with Gasteiger partial charge in [0.2, 0.25) is 0 Å². The molecule has 0 amide bonds. The Hall–Kier alpha value is -4.32. The summed E-state index contributed by atoms with van der Waals surface area (Å²) in [5.74, 6) is -1.00. The van der Waals surface area contributed by atoms with Crippen molar-refractivity contribution < 1.29 is 9.90 Å². The number of hydrogen-bond acceptors (Lipinski definition) is 4. The number of hydrogen-bond donors (Lipinski definition) is 1. The van der Waals surface area contributed by atoms with Crippen LogP contribution in [0.2, 0.25) is 0 Å². The zero-order valence-electron chi connectivity index (χ0n) is 16.5. The average Bonchev–Trinajstić information content (AvgIpc) is 3.22. The molecule has 6 nitrogen and oxygen atoms in total. The molecular formula is C25H18N4O2. The molecule has 150 valence electrons. The van der Waals surface area contributed by atoms with Gasteiger partial charge in [-0.05, 0) is 41.0 Å². The van der Waals surface area contributed by atoms with Gasteiger partial charge in [0.15, 0.2) is 5.65 Å². The van der Waals surface area contributed by atoms with Crippen molar-refractivity contribution in [1.82, 2.24) is 19.7 Å². The maximum absolute atomic E-state index is 12.0. The third-order valence-corrected chi connectivity index (χ3v) is 5.19. The first-order chi connectivity index (χ1) is 15.2. The molecule has 0 aliphatic carbocycles. The van der Waals surface area contributed by atoms with Crippen molar-refractivity contribution in [2.45, 2.75) is 6.54 Å². The van der Waals surface area contributed by atoms with E-state index in [1.807, 2.05) is 66.7 Å². The van der Waals surface area contributed by atoms with Gasteiger partial charge in [0.25, 0.3) is 0 Å². The highest BCUT2D eigenvalue weighted by Crippen LogP contribution is 2.29. The molecule has 0 bridgehead atoms. The fourth-order valence-corrected chi connectivity index (χ4v) is 3.64. The lowest BCUT2D eigenvalue weighted by molar-refractivity contribution is 0.0699. The smallest absolute Gasteiger partial charge is 0.336 e. The first-order valence-corrected chi connectivity index (χ1v) is 9.84. The second-order valence-corrected chi connectivity index (χ2v) is 7.20. The molecule has 6 heteroatoms. The van der Waals surface area contributed by atoms with Crippen LogP contribution in [0.1, 0.15) is 15.9 Å². The van der Waals surface area contributed by atoms with Gasteiger partial charge in [-0.2, -0.15) is 5.10 Å². The number of carboxylic acid groups (broad SMARTS) is 1. The fourth-order valence-electron chi connectivity index (χ4n) is 3.64. The lowest BCUT2D eigenvalue weighted by Gasteiger charge is -2.09. The molecule has 3 heterocycles. The van der Waals surface area contributed by atoms with E-state index in [-0.39, 0.29) is 5.56 Å². The highest BCUT2D eigenvalue weighted by Gasteiger charge is 2.17. The second-order valence-electron chi connectivity index (χ2n) is 7.20. The Morgan fingerprint density at radius 1 is 0.871 bits per heavy atom. The first kappa shape index (κ1) is 18.7. The lowest BCUT2D eigenvalue weighted by Crippen LogP contribution is -2.05. The Morgan fingerprint density at radius 3 is 2.39 bits per heavy atom. The molecular weight excluding hydrogens is 388 g/mol. The number of nitrogens with zero attached hydrogens (tertiary/aromatic N) is 4. The molecule has 5 rings (SSSR count). The Morgan fingerprint density at radius 2 is 1.61 bits per heavy atom. The van der Waals surface area contributed by atoms with E-state index in [0.717, 1.165) is 22.3 Å². The largest absolute Gasteiger partial charge is 0.478 e. The van der Waals surface area contributed by atoms with Gasteiger partial charge in [-0.1, -0.05) is 48.5 Å². The van der Waals surface area contributed by atoms with E-state index >= 15 is 0 Å². The van der Waals surface area contributed by atoms with E-state index in [2.05, 4.69) is 10.1 Å². The Balaban J connectivity index is 1.64. The first-order valence-electron chi connectivity index (χ1n) is 9.84. The molecule has 2 aromatic carbocycles. The van der Waals surface area contributed by atoms with Crippen LogP contribution >= 0.6 is 0 Å². The topological polar surface area (TPSA) is 80.9 Å². The van der Waals surface area contributed by atoms with Crippen LogP contribution in [0.25, 0.3) is 33.4 Å². The van der Waals surface area contributed by atoms with Gasteiger partial charge in [0, 0.05) is 18.0 Å². The number of fused-ring (bicyclic) bond motifs is 1. The summed E-state index contributed by atoms with van der Waals surface area (Å²) >= 11 is 0. The molecule has 0 fully saturated rings. The average molecular weight is 406 g/mol. The summed E-state index contributed by atoms with van der Waals surface area (Å²) in [6.45, 7) is 0.478. The molecule has 0 saturated carbocycles. The van der Waals surface area contributed by atoms with Crippen LogP contribution < -0.4 is 0 Å². The van der Waals surface area contributed by atoms with Crippen molar-refractivity contribution in [3.05, 3.63) is 103 Å². The number of carbonyl (C=O) groups is 1. The molecule has 31 heavy (non-hydrogen) atoms. The Bertz CT molecular complexity index is 1380. The minimum absolute atomic E-state index is 0.186. The van der Waals surface area contributed by atoms with Crippen molar-refractivity contribution in [3.8, 4) is 22.4 Å². The van der Waals surface area contributed by atoms with E-state index < -0.39 is 5.97 Å². The lowest BCUT2D eigenvalue weighted by atomic mass is 10.0. The molecule has 0 aliphatic rings. The SMILES string of the molecule is O=C(O)c1cc(-c2cccc(-c3ccccc3)c2)nc2c1cnn2Cc1ccncc1. The summed E-state index contributed by atoms with van der Waals surface area (Å²) in [5, 5.41) is 14.7. The van der Waals surface area contributed by atoms with Gasteiger partial charge < -0.3 is 5.11 Å². The molecule has 0 aliphatic heterocycles. The maximum Gasteiger partial charge on any atom is 0.336 e. The third kappa shape index (κ3) is 3.67. The van der Waals surface area contributed by atoms with Gasteiger partial charge in [-0.15, -0.1) is 0 Å². The monoisotopic (exact) mass is 406 g/mol. The second kappa shape index (κ2) is 7.84. The quantitative estimate of drug-likeness (QED) is 0.449. The summed E-state index contributed by atoms with van der Waals surface area (Å²) in [6.07, 6.45) is 5.01. The normalized spacial score (nSPS) is 11.0. The van der Waals surface area contributed by atoms with Gasteiger partial charge in [0.05, 0.1) is 29.4 Å². The predicted octanol–water partition coefficient (Wildman–Crippen LogP) is 4.91. The van der Waals surface area contributed by atoms with Crippen LogP contribution in [-0.2, 0) is 6.54 Å². The van der Waals surface area contributed by atoms with E-state index in [9.17, 15) is 9.90 Å². The molecule has 3 aromatic heterocycles. The van der Waals surface area contributed by atoms with Crippen molar-refractivity contribution in [3.63, 3.8) is 0 Å². The maximum atomic E-state index is 12.0. The molecule has 0 atom stereocenters. The van der Waals surface area contributed by atoms with Crippen molar-refractivity contribution in [2.75, 3.05) is 0 Å². The zero-order chi connectivity index (χ0) is 21.2. The van der Waals surface area contributed by atoms with Gasteiger partial charge >= 0.3 is 5.97 Å². The van der Waals surface area contributed by atoms with Crippen molar-refractivity contribution >= 4 is 17.0 Å². The van der Waals surface area contributed by atoms with Crippen LogP contribution in [0.4, 0.5) is 0 Å². The van der Waals surface area contributed by atoms with E-state index in [4.69, 9.17) is 4.98 Å². The van der Waals surface area contributed by atoms with Gasteiger partial charge in [-0.25, -0.2) is 14.5 Å². The number of carboxylic acids is 1. The van der Waals surface area contributed by atoms with Crippen molar-refractivity contribution in [2.24, 2.45) is 0 Å². The summed E-state index contributed by atoms with van der Waals surface area (Å²) < 4.78 is 1.72. The van der Waals surface area contributed by atoms with Crippen LogP contribution in [0.5, 0.6) is 0 Å². The summed E-state index contributed by atoms with van der Waals surface area (Å²) in [6, 6.07) is 23.4. The molecule has 0 unspecified atom stereocenters. The highest BCUT2D eigenvalue weighted by atomic mass is 16.4. The van der Waals surface area contributed by atoms with Gasteiger partial charge in [0.1, 0.15) is 0 Å². The van der Waals surface area contributed by atoms with E-state index in [0.29, 0.717) is 23.3 Å².